The predicted octanol–water partition coefficient (Wildman–Crippen LogP) is 1.50. The molecule has 2 saturated heterocycles. The fourth-order valence-electron chi connectivity index (χ4n) is 4.38. The van der Waals surface area contributed by atoms with Crippen molar-refractivity contribution in [2.75, 3.05) is 45.4 Å². The monoisotopic (exact) mass is 428 g/mol. The molecule has 0 aromatic carbocycles. The first-order chi connectivity index (χ1) is 15.2. The van der Waals surface area contributed by atoms with E-state index in [4.69, 9.17) is 14.2 Å². The topological polar surface area (TPSA) is 77.8 Å². The van der Waals surface area contributed by atoms with Crippen molar-refractivity contribution in [3.05, 3.63) is 48.2 Å². The second kappa shape index (κ2) is 8.37. The lowest BCUT2D eigenvalue weighted by atomic mass is 9.97. The number of hydrogen-bond acceptors (Lipinski definition) is 8. The molecule has 9 nitrogen and oxygen atoms in total. The lowest BCUT2D eigenvalue weighted by Crippen LogP contribution is -2.66. The second-order valence-electron chi connectivity index (χ2n) is 7.78. The third kappa shape index (κ3) is 3.71. The molecule has 2 aliphatic heterocycles. The molecule has 0 spiro atoms. The van der Waals surface area contributed by atoms with Crippen LogP contribution >= 0.6 is 0 Å². The van der Waals surface area contributed by atoms with Crippen molar-refractivity contribution in [2.24, 2.45) is 0 Å². The standard InChI is InChI=1S/C21H25FN6O3/c1-29-13-19-24-25-21(28(19)15-4-6-20(30-2)23-10-15)26-11-16(12-26)27-7-8-31-18-9-14(22)3-5-17(18)27/h3-6,9-10,16-18H,7-8,11-13H2,1-2H3. The third-order valence-electron chi connectivity index (χ3n) is 5.94. The van der Waals surface area contributed by atoms with Crippen LogP contribution in [-0.2, 0) is 16.1 Å². The number of ether oxygens (including phenoxy) is 3. The minimum Gasteiger partial charge on any atom is -0.481 e. The number of fused-ring (bicyclic) bond motifs is 1. The highest BCUT2D eigenvalue weighted by molar-refractivity contribution is 5.46. The van der Waals surface area contributed by atoms with Crippen LogP contribution in [0.2, 0.25) is 0 Å². The first-order valence-corrected chi connectivity index (χ1v) is 10.3. The molecule has 0 bridgehead atoms. The summed E-state index contributed by atoms with van der Waals surface area (Å²) in [5, 5.41) is 8.76. The van der Waals surface area contributed by atoms with Gasteiger partial charge in [0.1, 0.15) is 12.4 Å². The van der Waals surface area contributed by atoms with Gasteiger partial charge in [-0.1, -0.05) is 6.08 Å². The Kier molecular flexibility index (Phi) is 5.43. The van der Waals surface area contributed by atoms with Crippen LogP contribution in [0.5, 0.6) is 5.88 Å². The molecule has 0 radical (unpaired) electrons. The quantitative estimate of drug-likeness (QED) is 0.685. The summed E-state index contributed by atoms with van der Waals surface area (Å²) in [7, 11) is 3.22. The molecule has 3 aliphatic rings. The number of morpholine rings is 1. The second-order valence-corrected chi connectivity index (χ2v) is 7.78. The molecule has 5 rings (SSSR count). The summed E-state index contributed by atoms with van der Waals surface area (Å²) in [5.41, 5.74) is 0.846. The average molecular weight is 428 g/mol. The van der Waals surface area contributed by atoms with E-state index in [1.54, 1.807) is 26.5 Å². The molecule has 2 fully saturated rings. The summed E-state index contributed by atoms with van der Waals surface area (Å²) in [6.07, 6.45) is 6.52. The van der Waals surface area contributed by atoms with Crippen LogP contribution in [-0.4, -0.2) is 83.3 Å². The van der Waals surface area contributed by atoms with Crippen LogP contribution in [0.3, 0.4) is 0 Å². The molecule has 0 N–H and O–H groups in total. The van der Waals surface area contributed by atoms with E-state index in [1.165, 1.54) is 6.08 Å². The Labute approximate surface area is 179 Å². The van der Waals surface area contributed by atoms with Crippen molar-refractivity contribution in [3.8, 4) is 11.6 Å². The zero-order valence-corrected chi connectivity index (χ0v) is 17.5. The van der Waals surface area contributed by atoms with Gasteiger partial charge in [-0.3, -0.25) is 9.47 Å². The summed E-state index contributed by atoms with van der Waals surface area (Å²) in [6, 6.07) is 4.13. The van der Waals surface area contributed by atoms with Gasteiger partial charge in [0, 0.05) is 38.9 Å². The van der Waals surface area contributed by atoms with E-state index < -0.39 is 0 Å². The summed E-state index contributed by atoms with van der Waals surface area (Å²) < 4.78 is 31.8. The van der Waals surface area contributed by atoms with Crippen molar-refractivity contribution in [2.45, 2.75) is 24.8 Å². The third-order valence-corrected chi connectivity index (χ3v) is 5.94. The van der Waals surface area contributed by atoms with Gasteiger partial charge in [0.15, 0.2) is 5.82 Å². The lowest BCUT2D eigenvalue weighted by Gasteiger charge is -2.51. The number of allylic oxidation sites excluding steroid dienone is 2. The Morgan fingerprint density at radius 2 is 2.10 bits per heavy atom. The molecule has 164 valence electrons. The summed E-state index contributed by atoms with van der Waals surface area (Å²) in [5.74, 6) is 1.77. The van der Waals surface area contributed by atoms with Crippen LogP contribution in [0.4, 0.5) is 10.3 Å². The predicted molar refractivity (Wildman–Crippen MR) is 111 cm³/mol. The number of pyridine rings is 1. The Balaban J connectivity index is 1.35. The van der Waals surface area contributed by atoms with E-state index >= 15 is 0 Å². The maximum Gasteiger partial charge on any atom is 0.232 e. The summed E-state index contributed by atoms with van der Waals surface area (Å²) in [6.45, 7) is 3.37. The summed E-state index contributed by atoms with van der Waals surface area (Å²) >= 11 is 0. The highest BCUT2D eigenvalue weighted by atomic mass is 19.1. The maximum atomic E-state index is 13.6. The zero-order chi connectivity index (χ0) is 21.4. The van der Waals surface area contributed by atoms with Gasteiger partial charge in [-0.25, -0.2) is 9.37 Å². The first kappa shape index (κ1) is 20.1. The van der Waals surface area contributed by atoms with Crippen LogP contribution in [0.25, 0.3) is 5.69 Å². The molecular weight excluding hydrogens is 403 g/mol. The SMILES string of the molecule is COCc1nnc(N2CC(N3CCOC4C=C(F)C=CC43)C2)n1-c1ccc(OC)nc1. The molecule has 0 saturated carbocycles. The van der Waals surface area contributed by atoms with Gasteiger partial charge in [-0.05, 0) is 18.2 Å². The van der Waals surface area contributed by atoms with Crippen molar-refractivity contribution < 1.29 is 18.6 Å². The number of aromatic nitrogens is 4. The molecule has 2 atom stereocenters. The van der Waals surface area contributed by atoms with Crippen molar-refractivity contribution in [3.63, 3.8) is 0 Å². The normalized spacial score (nSPS) is 24.0. The molecule has 2 unspecified atom stereocenters. The smallest absolute Gasteiger partial charge is 0.232 e. The number of halogens is 1. The first-order valence-electron chi connectivity index (χ1n) is 10.3. The van der Waals surface area contributed by atoms with Gasteiger partial charge in [-0.15, -0.1) is 10.2 Å². The van der Waals surface area contributed by atoms with Gasteiger partial charge in [0.05, 0.1) is 37.7 Å². The van der Waals surface area contributed by atoms with E-state index in [1.807, 2.05) is 22.8 Å². The Morgan fingerprint density at radius 3 is 2.84 bits per heavy atom. The number of methoxy groups -OCH3 is 2. The van der Waals surface area contributed by atoms with E-state index in [2.05, 4.69) is 25.0 Å². The largest absolute Gasteiger partial charge is 0.481 e. The molecule has 31 heavy (non-hydrogen) atoms. The average Bonchev–Trinajstić information content (AvgIpc) is 3.16. The minimum atomic E-state index is -0.231. The van der Waals surface area contributed by atoms with E-state index in [0.717, 1.165) is 31.3 Å². The van der Waals surface area contributed by atoms with E-state index in [0.29, 0.717) is 31.0 Å². The van der Waals surface area contributed by atoms with Gasteiger partial charge >= 0.3 is 0 Å². The number of anilines is 1. The zero-order valence-electron chi connectivity index (χ0n) is 17.5. The van der Waals surface area contributed by atoms with Crippen LogP contribution in [0, 0.1) is 0 Å². The fraction of sp³-hybridized carbons (Fsp3) is 0.476. The number of nitrogens with zero attached hydrogens (tertiary/aromatic N) is 6. The van der Waals surface area contributed by atoms with Crippen molar-refractivity contribution in [1.29, 1.82) is 0 Å². The lowest BCUT2D eigenvalue weighted by molar-refractivity contribution is -0.0544. The van der Waals surface area contributed by atoms with E-state index in [-0.39, 0.29) is 18.0 Å². The number of rotatable bonds is 6. The highest BCUT2D eigenvalue weighted by Crippen LogP contribution is 2.31. The maximum absolute atomic E-state index is 13.6. The van der Waals surface area contributed by atoms with E-state index in [9.17, 15) is 4.39 Å². The fourth-order valence-corrected chi connectivity index (χ4v) is 4.38. The molecule has 0 amide bonds. The van der Waals surface area contributed by atoms with Gasteiger partial charge in [0.25, 0.3) is 0 Å². The molecule has 10 heteroatoms. The number of hydrogen-bond donors (Lipinski definition) is 0. The van der Waals surface area contributed by atoms with Crippen LogP contribution in [0.15, 0.2) is 42.4 Å². The Hall–Kier alpha value is -2.82. The molecular formula is C21H25FN6O3. The molecule has 1 aliphatic carbocycles. The summed E-state index contributed by atoms with van der Waals surface area (Å²) in [4.78, 5) is 8.90. The highest BCUT2D eigenvalue weighted by Gasteiger charge is 2.42. The van der Waals surface area contributed by atoms with Crippen molar-refractivity contribution in [1.82, 2.24) is 24.6 Å². The Morgan fingerprint density at radius 1 is 1.23 bits per heavy atom. The van der Waals surface area contributed by atoms with Gasteiger partial charge in [0.2, 0.25) is 11.8 Å². The van der Waals surface area contributed by atoms with Crippen molar-refractivity contribution >= 4 is 5.95 Å². The molecule has 2 aromatic heterocycles. The van der Waals surface area contributed by atoms with Gasteiger partial charge < -0.3 is 19.1 Å². The van der Waals surface area contributed by atoms with Crippen LogP contribution in [0.1, 0.15) is 5.82 Å². The van der Waals surface area contributed by atoms with Gasteiger partial charge in [-0.2, -0.15) is 0 Å². The Bertz CT molecular complexity index is 986. The molecule has 2 aromatic rings. The van der Waals surface area contributed by atoms with Crippen LogP contribution < -0.4 is 9.64 Å². The minimum absolute atomic E-state index is 0.0631. The molecule has 4 heterocycles.